The van der Waals surface area contributed by atoms with Crippen molar-refractivity contribution in [3.05, 3.63) is 56.4 Å². The molecule has 0 fully saturated rings. The van der Waals surface area contributed by atoms with Gasteiger partial charge in [-0.25, -0.2) is 0 Å². The number of halogens is 1. The molecule has 0 aliphatic heterocycles. The number of rotatable bonds is 5. The van der Waals surface area contributed by atoms with E-state index in [2.05, 4.69) is 10.4 Å². The van der Waals surface area contributed by atoms with E-state index in [-0.39, 0.29) is 11.6 Å². The van der Waals surface area contributed by atoms with Crippen molar-refractivity contribution in [3.63, 3.8) is 0 Å². The highest BCUT2D eigenvalue weighted by molar-refractivity contribution is 6.30. The van der Waals surface area contributed by atoms with Crippen LogP contribution >= 0.6 is 11.6 Å². The van der Waals surface area contributed by atoms with Gasteiger partial charge in [-0.1, -0.05) is 23.7 Å². The molecule has 1 unspecified atom stereocenters. The summed E-state index contributed by atoms with van der Waals surface area (Å²) >= 11 is 5.81. The van der Waals surface area contributed by atoms with E-state index in [4.69, 9.17) is 11.6 Å². The van der Waals surface area contributed by atoms with Gasteiger partial charge in [-0.3, -0.25) is 19.6 Å². The van der Waals surface area contributed by atoms with Crippen molar-refractivity contribution in [1.82, 2.24) is 15.1 Å². The first-order chi connectivity index (χ1) is 10.8. The second kappa shape index (κ2) is 6.78. The van der Waals surface area contributed by atoms with Crippen molar-refractivity contribution in [3.8, 4) is 0 Å². The highest BCUT2D eigenvalue weighted by atomic mass is 35.5. The zero-order chi connectivity index (χ0) is 17.1. The average Bonchev–Trinajstić information content (AvgIpc) is 2.80. The molecular formula is C15H17ClN4O3. The van der Waals surface area contributed by atoms with Gasteiger partial charge in [-0.15, -0.1) is 0 Å². The summed E-state index contributed by atoms with van der Waals surface area (Å²) in [6.07, 6.45) is 0. The Labute approximate surface area is 138 Å². The van der Waals surface area contributed by atoms with E-state index in [1.807, 2.05) is 12.1 Å². The lowest BCUT2D eigenvalue weighted by molar-refractivity contribution is -0.386. The van der Waals surface area contributed by atoms with E-state index >= 15 is 0 Å². The summed E-state index contributed by atoms with van der Waals surface area (Å²) in [7, 11) is 0. The second-order valence-corrected chi connectivity index (χ2v) is 5.68. The number of nitrogens with one attached hydrogen (secondary N) is 1. The van der Waals surface area contributed by atoms with Crippen LogP contribution in [0.5, 0.6) is 0 Å². The van der Waals surface area contributed by atoms with Crippen molar-refractivity contribution >= 4 is 23.2 Å². The molecule has 8 heteroatoms. The first-order valence-electron chi connectivity index (χ1n) is 7.03. The molecule has 0 spiro atoms. The summed E-state index contributed by atoms with van der Waals surface area (Å²) in [6.45, 7) is 5.14. The molecule has 1 aromatic heterocycles. The lowest BCUT2D eigenvalue weighted by Gasteiger charge is -2.14. The van der Waals surface area contributed by atoms with Crippen LogP contribution in [0.15, 0.2) is 24.3 Å². The van der Waals surface area contributed by atoms with Gasteiger partial charge in [0.2, 0.25) is 5.91 Å². The zero-order valence-electron chi connectivity index (χ0n) is 13.0. The lowest BCUT2D eigenvalue weighted by Crippen LogP contribution is -2.31. The van der Waals surface area contributed by atoms with Crippen LogP contribution in [0.2, 0.25) is 5.02 Å². The minimum atomic E-state index is -0.644. The van der Waals surface area contributed by atoms with E-state index in [0.29, 0.717) is 23.0 Å². The van der Waals surface area contributed by atoms with Gasteiger partial charge in [-0.05, 0) is 38.5 Å². The Kier molecular flexibility index (Phi) is 5.00. The fourth-order valence-electron chi connectivity index (χ4n) is 2.35. The summed E-state index contributed by atoms with van der Waals surface area (Å²) in [6, 6.07) is 6.49. The van der Waals surface area contributed by atoms with Gasteiger partial charge in [-0.2, -0.15) is 5.10 Å². The number of nitrogens with zero attached hydrogens (tertiary/aromatic N) is 3. The standard InChI is InChI=1S/C15H17ClN4O3/c1-9-14(20(22)23)10(2)19(18-9)11(3)15(21)17-8-12-4-6-13(16)7-5-12/h4-7,11H,8H2,1-3H3,(H,17,21). The minimum absolute atomic E-state index is 0.0534. The Morgan fingerprint density at radius 3 is 2.52 bits per heavy atom. The quantitative estimate of drug-likeness (QED) is 0.671. The summed E-state index contributed by atoms with van der Waals surface area (Å²) < 4.78 is 1.38. The van der Waals surface area contributed by atoms with Crippen molar-refractivity contribution < 1.29 is 9.72 Å². The molecule has 7 nitrogen and oxygen atoms in total. The Hall–Kier alpha value is -2.41. The maximum Gasteiger partial charge on any atom is 0.312 e. The SMILES string of the molecule is Cc1nn(C(C)C(=O)NCc2ccc(Cl)cc2)c(C)c1[N+](=O)[O-]. The van der Waals surface area contributed by atoms with Crippen molar-refractivity contribution in [1.29, 1.82) is 0 Å². The Morgan fingerprint density at radius 1 is 1.39 bits per heavy atom. The van der Waals surface area contributed by atoms with Gasteiger partial charge >= 0.3 is 5.69 Å². The highest BCUT2D eigenvalue weighted by Crippen LogP contribution is 2.24. The molecule has 0 bridgehead atoms. The van der Waals surface area contributed by atoms with Gasteiger partial charge in [0.05, 0.1) is 4.92 Å². The Balaban J connectivity index is 2.09. The van der Waals surface area contributed by atoms with E-state index < -0.39 is 11.0 Å². The van der Waals surface area contributed by atoms with Gasteiger partial charge < -0.3 is 5.32 Å². The molecule has 2 rings (SSSR count). The maximum absolute atomic E-state index is 12.3. The highest BCUT2D eigenvalue weighted by Gasteiger charge is 2.26. The van der Waals surface area contributed by atoms with Crippen LogP contribution in [-0.2, 0) is 11.3 Å². The normalized spacial score (nSPS) is 12.0. The molecule has 1 atom stereocenters. The molecule has 2 aromatic rings. The number of aromatic nitrogens is 2. The van der Waals surface area contributed by atoms with Crippen LogP contribution in [-0.4, -0.2) is 20.6 Å². The first kappa shape index (κ1) is 17.0. The fraction of sp³-hybridized carbons (Fsp3) is 0.333. The molecule has 1 N–H and O–H groups in total. The monoisotopic (exact) mass is 336 g/mol. The number of carbonyl (C=O) groups is 1. The molecule has 23 heavy (non-hydrogen) atoms. The van der Waals surface area contributed by atoms with Crippen molar-refractivity contribution in [2.24, 2.45) is 0 Å². The first-order valence-corrected chi connectivity index (χ1v) is 7.41. The van der Waals surface area contributed by atoms with Crippen LogP contribution in [0.4, 0.5) is 5.69 Å². The predicted octanol–water partition coefficient (Wildman–Crippen LogP) is 2.94. The number of aryl methyl sites for hydroxylation is 1. The van der Waals surface area contributed by atoms with Crippen LogP contribution in [0.1, 0.15) is 29.9 Å². The maximum atomic E-state index is 12.3. The molecule has 0 aliphatic carbocycles. The van der Waals surface area contributed by atoms with Crippen LogP contribution in [0.25, 0.3) is 0 Å². The number of hydrogen-bond acceptors (Lipinski definition) is 4. The fourth-order valence-corrected chi connectivity index (χ4v) is 2.47. The Morgan fingerprint density at radius 2 is 2.00 bits per heavy atom. The summed E-state index contributed by atoms with van der Waals surface area (Å²) in [5.41, 5.74) is 1.52. The third-order valence-corrected chi connectivity index (χ3v) is 3.85. The molecule has 0 saturated carbocycles. The minimum Gasteiger partial charge on any atom is -0.350 e. The predicted molar refractivity (Wildman–Crippen MR) is 86.4 cm³/mol. The molecule has 1 aromatic carbocycles. The number of carbonyl (C=O) groups excluding carboxylic acids is 1. The number of benzene rings is 1. The third kappa shape index (κ3) is 3.68. The summed E-state index contributed by atoms with van der Waals surface area (Å²) in [4.78, 5) is 22.8. The van der Waals surface area contributed by atoms with E-state index in [1.54, 1.807) is 32.9 Å². The van der Waals surface area contributed by atoms with Crippen LogP contribution in [0.3, 0.4) is 0 Å². The number of amides is 1. The zero-order valence-corrected chi connectivity index (χ0v) is 13.8. The Bertz CT molecular complexity index is 740. The van der Waals surface area contributed by atoms with E-state index in [9.17, 15) is 14.9 Å². The number of hydrogen-bond donors (Lipinski definition) is 1. The van der Waals surface area contributed by atoms with Crippen molar-refractivity contribution in [2.45, 2.75) is 33.4 Å². The average molecular weight is 337 g/mol. The second-order valence-electron chi connectivity index (χ2n) is 5.24. The molecular weight excluding hydrogens is 320 g/mol. The van der Waals surface area contributed by atoms with E-state index in [0.717, 1.165) is 5.56 Å². The third-order valence-electron chi connectivity index (χ3n) is 3.60. The van der Waals surface area contributed by atoms with Gasteiger partial charge in [0, 0.05) is 11.6 Å². The van der Waals surface area contributed by atoms with Gasteiger partial charge in [0.15, 0.2) is 0 Å². The molecule has 0 radical (unpaired) electrons. The van der Waals surface area contributed by atoms with Crippen LogP contribution < -0.4 is 5.32 Å². The molecule has 0 aliphatic rings. The van der Waals surface area contributed by atoms with E-state index in [1.165, 1.54) is 4.68 Å². The smallest absolute Gasteiger partial charge is 0.312 e. The largest absolute Gasteiger partial charge is 0.350 e. The summed E-state index contributed by atoms with van der Waals surface area (Å²) in [5, 5.41) is 18.6. The van der Waals surface area contributed by atoms with Gasteiger partial charge in [0.1, 0.15) is 17.4 Å². The topological polar surface area (TPSA) is 90.1 Å². The molecule has 1 heterocycles. The van der Waals surface area contributed by atoms with Gasteiger partial charge in [0.25, 0.3) is 0 Å². The molecule has 0 saturated heterocycles. The molecule has 1 amide bonds. The summed E-state index contributed by atoms with van der Waals surface area (Å²) in [5.74, 6) is -0.263. The lowest BCUT2D eigenvalue weighted by atomic mass is 10.2. The van der Waals surface area contributed by atoms with Crippen molar-refractivity contribution in [2.75, 3.05) is 0 Å². The van der Waals surface area contributed by atoms with Crippen LogP contribution in [0, 0.1) is 24.0 Å². The number of nitro groups is 1. The molecule has 122 valence electrons.